The Labute approximate surface area is 140 Å². The highest BCUT2D eigenvalue weighted by molar-refractivity contribution is 5.97. The molecule has 3 rings (SSSR count). The first-order valence-corrected chi connectivity index (χ1v) is 8.67. The number of hydrogen-bond acceptors (Lipinski definition) is 0. The number of allylic oxidation sites excluding steroid dienone is 4. The second-order valence-corrected chi connectivity index (χ2v) is 7.01. The van der Waals surface area contributed by atoms with Crippen LogP contribution in [0.2, 0.25) is 0 Å². The van der Waals surface area contributed by atoms with Crippen LogP contribution in [0.25, 0.3) is 11.1 Å². The SMILES string of the molecule is CC(C)C1=C(c2ccccc2)C(C(C)C)=C(c2ccccc2)C1. The molecule has 0 fully saturated rings. The minimum atomic E-state index is 0.525. The van der Waals surface area contributed by atoms with E-state index in [1.54, 1.807) is 5.57 Å². The fourth-order valence-corrected chi connectivity index (χ4v) is 3.67. The standard InChI is InChI=1S/C23H26/c1-16(2)20-15-21(18-11-7-5-8-12-18)22(17(3)4)23(20)19-13-9-6-10-14-19/h5-14,16-17H,15H2,1-4H3. The minimum Gasteiger partial charge on any atom is -0.0622 e. The van der Waals surface area contributed by atoms with Crippen molar-refractivity contribution in [2.24, 2.45) is 11.8 Å². The molecule has 118 valence electrons. The maximum Gasteiger partial charge on any atom is -0.00462 e. The molecule has 2 aromatic carbocycles. The Balaban J connectivity index is 2.21. The summed E-state index contributed by atoms with van der Waals surface area (Å²) in [6.45, 7) is 9.29. The molecule has 23 heavy (non-hydrogen) atoms. The van der Waals surface area contributed by atoms with Gasteiger partial charge >= 0.3 is 0 Å². The van der Waals surface area contributed by atoms with Gasteiger partial charge in [0.1, 0.15) is 0 Å². The highest BCUT2D eigenvalue weighted by atomic mass is 14.3. The average molecular weight is 302 g/mol. The molecule has 0 heterocycles. The topological polar surface area (TPSA) is 0 Å². The lowest BCUT2D eigenvalue weighted by Crippen LogP contribution is -2.00. The van der Waals surface area contributed by atoms with Gasteiger partial charge in [-0.3, -0.25) is 0 Å². The van der Waals surface area contributed by atoms with Crippen LogP contribution in [0.3, 0.4) is 0 Å². The summed E-state index contributed by atoms with van der Waals surface area (Å²) in [6.07, 6.45) is 1.08. The first kappa shape index (κ1) is 15.8. The summed E-state index contributed by atoms with van der Waals surface area (Å²) in [5.74, 6) is 1.09. The van der Waals surface area contributed by atoms with Crippen LogP contribution in [-0.4, -0.2) is 0 Å². The monoisotopic (exact) mass is 302 g/mol. The van der Waals surface area contributed by atoms with E-state index < -0.39 is 0 Å². The highest BCUT2D eigenvalue weighted by Crippen LogP contribution is 2.48. The summed E-state index contributed by atoms with van der Waals surface area (Å²) >= 11 is 0. The van der Waals surface area contributed by atoms with Crippen molar-refractivity contribution in [1.29, 1.82) is 0 Å². The first-order valence-electron chi connectivity index (χ1n) is 8.67. The van der Waals surface area contributed by atoms with Crippen LogP contribution < -0.4 is 0 Å². The fourth-order valence-electron chi connectivity index (χ4n) is 3.67. The fraction of sp³-hybridized carbons (Fsp3) is 0.304. The third-order valence-corrected chi connectivity index (χ3v) is 4.74. The number of hydrogen-bond donors (Lipinski definition) is 0. The maximum absolute atomic E-state index is 2.32. The molecule has 0 amide bonds. The molecule has 0 nitrogen and oxygen atoms in total. The average Bonchev–Trinajstić information content (AvgIpc) is 2.97. The lowest BCUT2D eigenvalue weighted by atomic mass is 9.87. The Hall–Kier alpha value is -2.08. The summed E-state index contributed by atoms with van der Waals surface area (Å²) in [4.78, 5) is 0. The Kier molecular flexibility index (Phi) is 4.52. The molecule has 0 aliphatic heterocycles. The zero-order chi connectivity index (χ0) is 16.4. The molecule has 0 atom stereocenters. The molecular formula is C23H26. The predicted octanol–water partition coefficient (Wildman–Crippen LogP) is 6.61. The van der Waals surface area contributed by atoms with Gasteiger partial charge in [0.15, 0.2) is 0 Å². The van der Waals surface area contributed by atoms with Gasteiger partial charge in [-0.05, 0) is 46.1 Å². The van der Waals surface area contributed by atoms with E-state index in [1.807, 2.05) is 0 Å². The van der Waals surface area contributed by atoms with E-state index in [1.165, 1.54) is 27.8 Å². The summed E-state index contributed by atoms with van der Waals surface area (Å²) in [6, 6.07) is 21.8. The van der Waals surface area contributed by atoms with Crippen LogP contribution >= 0.6 is 0 Å². The molecule has 0 bridgehead atoms. The summed E-state index contributed by atoms with van der Waals surface area (Å²) < 4.78 is 0. The van der Waals surface area contributed by atoms with E-state index in [0.29, 0.717) is 11.8 Å². The molecule has 0 saturated carbocycles. The molecule has 0 spiro atoms. The van der Waals surface area contributed by atoms with Crippen molar-refractivity contribution in [2.45, 2.75) is 34.1 Å². The second kappa shape index (κ2) is 6.58. The van der Waals surface area contributed by atoms with Crippen LogP contribution in [-0.2, 0) is 0 Å². The Morgan fingerprint density at radius 1 is 0.652 bits per heavy atom. The molecule has 0 aromatic heterocycles. The third-order valence-electron chi connectivity index (χ3n) is 4.74. The smallest absolute Gasteiger partial charge is 0.00462 e. The van der Waals surface area contributed by atoms with E-state index in [4.69, 9.17) is 0 Å². The lowest BCUT2D eigenvalue weighted by molar-refractivity contribution is 0.757. The highest BCUT2D eigenvalue weighted by Gasteiger charge is 2.29. The van der Waals surface area contributed by atoms with E-state index in [2.05, 4.69) is 88.4 Å². The quantitative estimate of drug-likeness (QED) is 0.596. The second-order valence-electron chi connectivity index (χ2n) is 7.01. The number of rotatable bonds is 4. The summed E-state index contributed by atoms with van der Waals surface area (Å²) in [5, 5.41) is 0. The predicted molar refractivity (Wildman–Crippen MR) is 101 cm³/mol. The van der Waals surface area contributed by atoms with Gasteiger partial charge in [0.2, 0.25) is 0 Å². The van der Waals surface area contributed by atoms with Crippen molar-refractivity contribution in [2.75, 3.05) is 0 Å². The zero-order valence-corrected chi connectivity index (χ0v) is 14.6. The van der Waals surface area contributed by atoms with Crippen molar-refractivity contribution >= 4 is 11.1 Å². The van der Waals surface area contributed by atoms with Crippen molar-refractivity contribution in [3.63, 3.8) is 0 Å². The van der Waals surface area contributed by atoms with Crippen molar-refractivity contribution in [3.8, 4) is 0 Å². The molecule has 0 heteroatoms. The van der Waals surface area contributed by atoms with E-state index >= 15 is 0 Å². The van der Waals surface area contributed by atoms with Crippen LogP contribution in [0.4, 0.5) is 0 Å². The van der Waals surface area contributed by atoms with Gasteiger partial charge in [0.05, 0.1) is 0 Å². The van der Waals surface area contributed by atoms with Gasteiger partial charge in [-0.1, -0.05) is 93.9 Å². The normalized spacial score (nSPS) is 15.2. The van der Waals surface area contributed by atoms with Crippen LogP contribution in [0.1, 0.15) is 45.2 Å². The van der Waals surface area contributed by atoms with Crippen LogP contribution in [0.5, 0.6) is 0 Å². The van der Waals surface area contributed by atoms with Gasteiger partial charge in [-0.2, -0.15) is 0 Å². The molecule has 0 radical (unpaired) electrons. The minimum absolute atomic E-state index is 0.525. The van der Waals surface area contributed by atoms with Gasteiger partial charge in [-0.15, -0.1) is 0 Å². The molecular weight excluding hydrogens is 276 g/mol. The van der Waals surface area contributed by atoms with Gasteiger partial charge in [0, 0.05) is 0 Å². The largest absolute Gasteiger partial charge is 0.0622 e. The van der Waals surface area contributed by atoms with Crippen molar-refractivity contribution < 1.29 is 0 Å². The van der Waals surface area contributed by atoms with Gasteiger partial charge < -0.3 is 0 Å². The molecule has 2 aromatic rings. The summed E-state index contributed by atoms with van der Waals surface area (Å²) in [5.41, 5.74) is 8.87. The Morgan fingerprint density at radius 2 is 1.17 bits per heavy atom. The Bertz CT molecular complexity index is 728. The zero-order valence-electron chi connectivity index (χ0n) is 14.6. The van der Waals surface area contributed by atoms with Crippen molar-refractivity contribution in [3.05, 3.63) is 82.9 Å². The summed E-state index contributed by atoms with van der Waals surface area (Å²) in [7, 11) is 0. The third kappa shape index (κ3) is 3.03. The molecule has 0 N–H and O–H groups in total. The molecule has 1 aliphatic rings. The van der Waals surface area contributed by atoms with E-state index in [9.17, 15) is 0 Å². The number of benzene rings is 2. The van der Waals surface area contributed by atoms with E-state index in [0.717, 1.165) is 6.42 Å². The lowest BCUT2D eigenvalue weighted by Gasteiger charge is -2.18. The van der Waals surface area contributed by atoms with Gasteiger partial charge in [-0.25, -0.2) is 0 Å². The van der Waals surface area contributed by atoms with Crippen LogP contribution in [0, 0.1) is 11.8 Å². The molecule has 0 saturated heterocycles. The van der Waals surface area contributed by atoms with Crippen LogP contribution in [0.15, 0.2) is 71.8 Å². The van der Waals surface area contributed by atoms with Gasteiger partial charge in [0.25, 0.3) is 0 Å². The van der Waals surface area contributed by atoms with E-state index in [-0.39, 0.29) is 0 Å². The molecule has 0 unspecified atom stereocenters. The molecule has 1 aliphatic carbocycles. The Morgan fingerprint density at radius 3 is 1.65 bits per heavy atom. The van der Waals surface area contributed by atoms with Crippen molar-refractivity contribution in [1.82, 2.24) is 0 Å². The maximum atomic E-state index is 2.32. The first-order chi connectivity index (χ1) is 11.1.